The van der Waals surface area contributed by atoms with Gasteiger partial charge in [-0.2, -0.15) is 0 Å². The Kier molecular flexibility index (Phi) is 16.3. The first-order valence-corrected chi connectivity index (χ1v) is 12.4. The molecular weight excluding hydrogens is 384 g/mol. The van der Waals surface area contributed by atoms with Crippen molar-refractivity contribution in [2.24, 2.45) is 0 Å². The summed E-state index contributed by atoms with van der Waals surface area (Å²) in [7, 11) is 0. The summed E-state index contributed by atoms with van der Waals surface area (Å²) < 4.78 is 10.5. The summed E-state index contributed by atoms with van der Waals surface area (Å²) in [6.45, 7) is 1.81. The van der Waals surface area contributed by atoms with Crippen LogP contribution in [-0.2, 0) is 14.3 Å². The van der Waals surface area contributed by atoms with Crippen molar-refractivity contribution in [2.75, 3.05) is 13.2 Å². The van der Waals surface area contributed by atoms with E-state index in [0.29, 0.717) is 6.42 Å². The molecule has 0 bridgehead atoms. The molecule has 6 nitrogen and oxygen atoms in total. The Morgan fingerprint density at radius 1 is 0.867 bits per heavy atom. The lowest BCUT2D eigenvalue weighted by atomic mass is 10.0. The predicted molar refractivity (Wildman–Crippen MR) is 118 cm³/mol. The highest BCUT2D eigenvalue weighted by atomic mass is 16.6. The molecule has 0 aromatic carbocycles. The van der Waals surface area contributed by atoms with E-state index in [4.69, 9.17) is 9.47 Å². The molecule has 1 aliphatic heterocycles. The summed E-state index contributed by atoms with van der Waals surface area (Å²) in [4.78, 5) is 12.0. The summed E-state index contributed by atoms with van der Waals surface area (Å²) in [5, 5.41) is 28.7. The van der Waals surface area contributed by atoms with Gasteiger partial charge in [0.2, 0.25) is 0 Å². The molecule has 0 amide bonds. The van der Waals surface area contributed by atoms with Crippen molar-refractivity contribution in [3.63, 3.8) is 0 Å². The Morgan fingerprint density at radius 2 is 1.33 bits per heavy atom. The van der Waals surface area contributed by atoms with Crippen LogP contribution in [-0.4, -0.2) is 58.9 Å². The Bertz CT molecular complexity index is 417. The van der Waals surface area contributed by atoms with Crippen molar-refractivity contribution in [3.8, 4) is 0 Å². The van der Waals surface area contributed by atoms with E-state index in [1.807, 2.05) is 0 Å². The number of carbonyl (C=O) groups is 1. The molecule has 0 spiro atoms. The molecule has 178 valence electrons. The van der Waals surface area contributed by atoms with Gasteiger partial charge in [0.15, 0.2) is 6.10 Å². The molecule has 1 rings (SSSR count). The lowest BCUT2D eigenvalue weighted by Gasteiger charge is -2.24. The molecule has 3 N–H and O–H groups in total. The van der Waals surface area contributed by atoms with Crippen molar-refractivity contribution in [2.45, 2.75) is 134 Å². The molecule has 30 heavy (non-hydrogen) atoms. The number of carbonyl (C=O) groups excluding carboxylic acids is 1. The number of aliphatic hydroxyl groups excluding tert-OH is 3. The van der Waals surface area contributed by atoms with Gasteiger partial charge < -0.3 is 24.8 Å². The second-order valence-corrected chi connectivity index (χ2v) is 8.77. The minimum Gasteiger partial charge on any atom is -0.457 e. The Morgan fingerprint density at radius 3 is 1.73 bits per heavy atom. The molecule has 1 heterocycles. The summed E-state index contributed by atoms with van der Waals surface area (Å²) in [6.07, 6.45) is 15.4. The van der Waals surface area contributed by atoms with Gasteiger partial charge in [-0.3, -0.25) is 4.79 Å². The van der Waals surface area contributed by atoms with Gasteiger partial charge in [0.05, 0.1) is 13.2 Å². The van der Waals surface area contributed by atoms with Gasteiger partial charge in [0, 0.05) is 6.42 Å². The monoisotopic (exact) mass is 430 g/mol. The van der Waals surface area contributed by atoms with Crippen molar-refractivity contribution in [3.05, 3.63) is 0 Å². The standard InChI is InChI=1S/C24H46O6/c1-2-3-4-5-6-7-8-9-10-11-12-13-14-15-16-17-22(27)30-21(18-25)24-23(28)20(26)19-29-24/h20-21,23-26,28H,2-19H2,1H3/t20-,21?,23-,24?/m1/s1. The number of ether oxygens (including phenoxy) is 2. The quantitative estimate of drug-likeness (QED) is 0.209. The van der Waals surface area contributed by atoms with Crippen LogP contribution in [0.5, 0.6) is 0 Å². The van der Waals surface area contributed by atoms with E-state index >= 15 is 0 Å². The van der Waals surface area contributed by atoms with E-state index in [2.05, 4.69) is 6.92 Å². The molecule has 1 aliphatic rings. The Balaban J connectivity index is 1.90. The summed E-state index contributed by atoms with van der Waals surface area (Å²) in [6, 6.07) is 0. The van der Waals surface area contributed by atoms with E-state index in [9.17, 15) is 20.1 Å². The minimum absolute atomic E-state index is 0.0149. The SMILES string of the molecule is CCCCCCCCCCCCCCCCCC(=O)OC(CO)C1OC[C@@H](O)[C@H]1O. The summed E-state index contributed by atoms with van der Waals surface area (Å²) in [5.41, 5.74) is 0. The van der Waals surface area contributed by atoms with Gasteiger partial charge >= 0.3 is 5.97 Å². The van der Waals surface area contributed by atoms with Crippen LogP contribution in [0.25, 0.3) is 0 Å². The molecule has 4 atom stereocenters. The lowest BCUT2D eigenvalue weighted by Crippen LogP contribution is -2.43. The van der Waals surface area contributed by atoms with E-state index in [1.165, 1.54) is 77.0 Å². The Hall–Kier alpha value is -0.690. The second-order valence-electron chi connectivity index (χ2n) is 8.77. The molecule has 2 unspecified atom stereocenters. The molecular formula is C24H46O6. The van der Waals surface area contributed by atoms with Crippen LogP contribution < -0.4 is 0 Å². The van der Waals surface area contributed by atoms with Crippen molar-refractivity contribution >= 4 is 5.97 Å². The third-order valence-corrected chi connectivity index (χ3v) is 6.00. The zero-order valence-electron chi connectivity index (χ0n) is 19.1. The third kappa shape index (κ3) is 12.2. The average molecular weight is 431 g/mol. The van der Waals surface area contributed by atoms with Crippen LogP contribution in [0, 0.1) is 0 Å². The van der Waals surface area contributed by atoms with Gasteiger partial charge in [-0.1, -0.05) is 96.8 Å². The van der Waals surface area contributed by atoms with Gasteiger partial charge in [-0.25, -0.2) is 0 Å². The normalized spacial score (nSPS) is 22.3. The highest BCUT2D eigenvalue weighted by Crippen LogP contribution is 2.20. The molecule has 0 saturated carbocycles. The van der Waals surface area contributed by atoms with Gasteiger partial charge in [-0.05, 0) is 6.42 Å². The lowest BCUT2D eigenvalue weighted by molar-refractivity contribution is -0.162. The third-order valence-electron chi connectivity index (χ3n) is 6.00. The minimum atomic E-state index is -1.14. The number of hydrogen-bond donors (Lipinski definition) is 3. The number of esters is 1. The molecule has 1 saturated heterocycles. The number of unbranched alkanes of at least 4 members (excludes halogenated alkanes) is 14. The van der Waals surface area contributed by atoms with E-state index in [-0.39, 0.29) is 12.6 Å². The first-order chi connectivity index (χ1) is 14.6. The molecule has 1 fully saturated rings. The smallest absolute Gasteiger partial charge is 0.306 e. The fraction of sp³-hybridized carbons (Fsp3) is 0.958. The highest BCUT2D eigenvalue weighted by Gasteiger charge is 2.41. The largest absolute Gasteiger partial charge is 0.457 e. The van der Waals surface area contributed by atoms with Crippen LogP contribution in [0.2, 0.25) is 0 Å². The van der Waals surface area contributed by atoms with Crippen LogP contribution in [0.4, 0.5) is 0 Å². The number of rotatable bonds is 19. The van der Waals surface area contributed by atoms with E-state index in [1.54, 1.807) is 0 Å². The van der Waals surface area contributed by atoms with Crippen LogP contribution in [0.1, 0.15) is 110 Å². The first-order valence-electron chi connectivity index (χ1n) is 12.4. The van der Waals surface area contributed by atoms with E-state index < -0.39 is 31.0 Å². The maximum Gasteiger partial charge on any atom is 0.306 e. The first kappa shape index (κ1) is 27.3. The molecule has 0 radical (unpaired) electrons. The van der Waals surface area contributed by atoms with Crippen molar-refractivity contribution in [1.29, 1.82) is 0 Å². The highest BCUT2D eigenvalue weighted by molar-refractivity contribution is 5.69. The van der Waals surface area contributed by atoms with Gasteiger partial charge in [-0.15, -0.1) is 0 Å². The Labute approximate surface area is 183 Å². The van der Waals surface area contributed by atoms with Gasteiger partial charge in [0.1, 0.15) is 18.3 Å². The molecule has 0 aromatic heterocycles. The van der Waals surface area contributed by atoms with Crippen molar-refractivity contribution < 1.29 is 29.6 Å². The predicted octanol–water partition coefficient (Wildman–Crippen LogP) is 4.27. The van der Waals surface area contributed by atoms with Crippen LogP contribution in [0.15, 0.2) is 0 Å². The maximum absolute atomic E-state index is 12.0. The second kappa shape index (κ2) is 17.9. The fourth-order valence-electron chi connectivity index (χ4n) is 4.03. The fourth-order valence-corrected chi connectivity index (χ4v) is 4.03. The molecule has 0 aliphatic carbocycles. The summed E-state index contributed by atoms with van der Waals surface area (Å²) in [5.74, 6) is -0.388. The average Bonchev–Trinajstić information content (AvgIpc) is 3.07. The molecule has 6 heteroatoms. The van der Waals surface area contributed by atoms with Crippen molar-refractivity contribution in [1.82, 2.24) is 0 Å². The maximum atomic E-state index is 12.0. The molecule has 0 aromatic rings. The summed E-state index contributed by atoms with van der Waals surface area (Å²) >= 11 is 0. The number of hydrogen-bond acceptors (Lipinski definition) is 6. The zero-order chi connectivity index (χ0) is 22.0. The van der Waals surface area contributed by atoms with Crippen LogP contribution >= 0.6 is 0 Å². The van der Waals surface area contributed by atoms with E-state index in [0.717, 1.165) is 19.3 Å². The van der Waals surface area contributed by atoms with Crippen LogP contribution in [0.3, 0.4) is 0 Å². The topological polar surface area (TPSA) is 96.2 Å². The van der Waals surface area contributed by atoms with Gasteiger partial charge in [0.25, 0.3) is 0 Å². The zero-order valence-corrected chi connectivity index (χ0v) is 19.1. The number of aliphatic hydroxyl groups is 3.